The third-order valence-electron chi connectivity index (χ3n) is 3.10. The van der Waals surface area contributed by atoms with Crippen LogP contribution < -0.4 is 5.32 Å². The Labute approximate surface area is 117 Å². The van der Waals surface area contributed by atoms with E-state index in [-0.39, 0.29) is 24.5 Å². The molecule has 1 aromatic carbocycles. The second-order valence-electron chi connectivity index (χ2n) is 4.70. The standard InChI is InChI=1S/C14H19FN2O3/c1-17(9-12-10-19-6-7-20-12)14(18)16-8-11-4-2-3-5-13(11)15/h2-5,12H,6-10H2,1H3,(H,16,18)/t12-/m0/s1. The number of likely N-dealkylation sites (N-methyl/N-ethyl adjacent to an activating group) is 1. The van der Waals surface area contributed by atoms with Gasteiger partial charge in [0.1, 0.15) is 5.82 Å². The highest BCUT2D eigenvalue weighted by atomic mass is 19.1. The van der Waals surface area contributed by atoms with Gasteiger partial charge in [-0.2, -0.15) is 0 Å². The van der Waals surface area contributed by atoms with Crippen LogP contribution in [0.1, 0.15) is 5.56 Å². The maximum atomic E-state index is 13.4. The first-order valence-corrected chi connectivity index (χ1v) is 6.58. The molecule has 20 heavy (non-hydrogen) atoms. The molecule has 1 atom stereocenters. The molecule has 6 heteroatoms. The minimum absolute atomic E-state index is 0.104. The number of urea groups is 1. The van der Waals surface area contributed by atoms with Gasteiger partial charge >= 0.3 is 6.03 Å². The fourth-order valence-corrected chi connectivity index (χ4v) is 1.98. The number of hydrogen-bond acceptors (Lipinski definition) is 3. The average molecular weight is 282 g/mol. The maximum Gasteiger partial charge on any atom is 0.317 e. The van der Waals surface area contributed by atoms with Crippen molar-refractivity contribution < 1.29 is 18.7 Å². The van der Waals surface area contributed by atoms with Crippen molar-refractivity contribution in [1.82, 2.24) is 10.2 Å². The van der Waals surface area contributed by atoms with Crippen LogP contribution in [0.5, 0.6) is 0 Å². The minimum atomic E-state index is -0.320. The largest absolute Gasteiger partial charge is 0.376 e. The van der Waals surface area contributed by atoms with Crippen molar-refractivity contribution in [1.29, 1.82) is 0 Å². The summed E-state index contributed by atoms with van der Waals surface area (Å²) in [7, 11) is 1.68. The summed E-state index contributed by atoms with van der Waals surface area (Å²) in [5, 5.41) is 2.68. The molecule has 0 bridgehead atoms. The third kappa shape index (κ3) is 4.18. The number of carbonyl (C=O) groups is 1. The van der Waals surface area contributed by atoms with Gasteiger partial charge in [0.05, 0.1) is 32.5 Å². The summed E-state index contributed by atoms with van der Waals surface area (Å²) in [6.45, 7) is 2.25. The number of rotatable bonds is 4. The lowest BCUT2D eigenvalue weighted by Crippen LogP contribution is -2.44. The van der Waals surface area contributed by atoms with Crippen LogP contribution in [-0.4, -0.2) is 50.4 Å². The van der Waals surface area contributed by atoms with E-state index in [1.54, 1.807) is 25.2 Å². The molecule has 0 unspecified atom stereocenters. The fraction of sp³-hybridized carbons (Fsp3) is 0.500. The van der Waals surface area contributed by atoms with Crippen molar-refractivity contribution in [2.24, 2.45) is 0 Å². The lowest BCUT2D eigenvalue weighted by molar-refractivity contribution is -0.0928. The van der Waals surface area contributed by atoms with Crippen molar-refractivity contribution >= 4 is 6.03 Å². The van der Waals surface area contributed by atoms with Crippen molar-refractivity contribution in [3.63, 3.8) is 0 Å². The first-order valence-electron chi connectivity index (χ1n) is 6.58. The zero-order valence-electron chi connectivity index (χ0n) is 11.5. The van der Waals surface area contributed by atoms with E-state index in [4.69, 9.17) is 9.47 Å². The summed E-state index contributed by atoms with van der Waals surface area (Å²) in [5.41, 5.74) is 0.464. The highest BCUT2D eigenvalue weighted by molar-refractivity contribution is 5.73. The van der Waals surface area contributed by atoms with Crippen LogP contribution >= 0.6 is 0 Å². The molecule has 2 amide bonds. The van der Waals surface area contributed by atoms with Gasteiger partial charge < -0.3 is 19.7 Å². The Bertz CT molecular complexity index is 450. The number of hydrogen-bond donors (Lipinski definition) is 1. The van der Waals surface area contributed by atoms with Gasteiger partial charge in [0.2, 0.25) is 0 Å². The van der Waals surface area contributed by atoms with Crippen LogP contribution in [0.2, 0.25) is 0 Å². The third-order valence-corrected chi connectivity index (χ3v) is 3.10. The van der Waals surface area contributed by atoms with E-state index in [1.807, 2.05) is 0 Å². The Kier molecular flexibility index (Phi) is 5.31. The number of nitrogens with one attached hydrogen (secondary N) is 1. The molecule has 110 valence electrons. The van der Waals surface area contributed by atoms with Crippen LogP contribution in [0.25, 0.3) is 0 Å². The number of benzene rings is 1. The van der Waals surface area contributed by atoms with E-state index in [0.29, 0.717) is 31.9 Å². The van der Waals surface area contributed by atoms with E-state index in [9.17, 15) is 9.18 Å². The Morgan fingerprint density at radius 1 is 1.45 bits per heavy atom. The molecule has 0 spiro atoms. The number of carbonyl (C=O) groups excluding carboxylic acids is 1. The van der Waals surface area contributed by atoms with Gasteiger partial charge in [-0.25, -0.2) is 9.18 Å². The molecule has 0 aromatic heterocycles. The van der Waals surface area contributed by atoms with Gasteiger partial charge in [-0.1, -0.05) is 18.2 Å². The Morgan fingerprint density at radius 2 is 2.25 bits per heavy atom. The highest BCUT2D eigenvalue weighted by Gasteiger charge is 2.19. The molecule has 2 rings (SSSR count). The highest BCUT2D eigenvalue weighted by Crippen LogP contribution is 2.06. The molecule has 1 aliphatic heterocycles. The lowest BCUT2D eigenvalue weighted by atomic mass is 10.2. The molecular formula is C14H19FN2O3. The molecule has 0 aliphatic carbocycles. The Hall–Kier alpha value is -1.66. The molecule has 1 aliphatic rings. The smallest absolute Gasteiger partial charge is 0.317 e. The molecule has 1 saturated heterocycles. The number of nitrogens with zero attached hydrogens (tertiary/aromatic N) is 1. The second kappa shape index (κ2) is 7.21. The van der Waals surface area contributed by atoms with Crippen molar-refractivity contribution in [2.45, 2.75) is 12.6 Å². The van der Waals surface area contributed by atoms with Crippen molar-refractivity contribution in [3.8, 4) is 0 Å². The van der Waals surface area contributed by atoms with Gasteiger partial charge in [-0.05, 0) is 6.07 Å². The number of ether oxygens (including phenoxy) is 2. The number of halogens is 1. The monoisotopic (exact) mass is 282 g/mol. The van der Waals surface area contributed by atoms with Crippen molar-refractivity contribution in [2.75, 3.05) is 33.4 Å². The fourth-order valence-electron chi connectivity index (χ4n) is 1.98. The summed E-state index contributed by atoms with van der Waals surface area (Å²) in [4.78, 5) is 13.4. The van der Waals surface area contributed by atoms with E-state index < -0.39 is 0 Å². The van der Waals surface area contributed by atoms with E-state index >= 15 is 0 Å². The first kappa shape index (κ1) is 14.7. The van der Waals surface area contributed by atoms with Gasteiger partial charge in [0, 0.05) is 19.2 Å². The molecular weight excluding hydrogens is 263 g/mol. The summed E-state index contributed by atoms with van der Waals surface area (Å²) in [6, 6.07) is 6.11. The van der Waals surface area contributed by atoms with Crippen LogP contribution in [0.15, 0.2) is 24.3 Å². The zero-order valence-corrected chi connectivity index (χ0v) is 11.5. The molecule has 1 aromatic rings. The van der Waals surface area contributed by atoms with E-state index in [1.165, 1.54) is 11.0 Å². The Balaban J connectivity index is 1.77. The molecule has 1 N–H and O–H groups in total. The molecule has 0 saturated carbocycles. The molecule has 1 fully saturated rings. The lowest BCUT2D eigenvalue weighted by Gasteiger charge is -2.27. The van der Waals surface area contributed by atoms with Crippen LogP contribution in [-0.2, 0) is 16.0 Å². The quantitative estimate of drug-likeness (QED) is 0.907. The molecule has 1 heterocycles. The summed E-state index contributed by atoms with van der Waals surface area (Å²) in [6.07, 6.45) is -0.104. The molecule has 5 nitrogen and oxygen atoms in total. The number of amides is 2. The van der Waals surface area contributed by atoms with Gasteiger partial charge in [-0.3, -0.25) is 0 Å². The predicted octanol–water partition coefficient (Wildman–Crippen LogP) is 1.38. The molecule has 0 radical (unpaired) electrons. The van der Waals surface area contributed by atoms with Gasteiger partial charge in [-0.15, -0.1) is 0 Å². The van der Waals surface area contributed by atoms with Crippen LogP contribution in [0.3, 0.4) is 0 Å². The van der Waals surface area contributed by atoms with E-state index in [2.05, 4.69) is 5.32 Å². The van der Waals surface area contributed by atoms with Gasteiger partial charge in [0.15, 0.2) is 0 Å². The normalized spacial score (nSPS) is 18.6. The van der Waals surface area contributed by atoms with E-state index in [0.717, 1.165) is 0 Å². The summed E-state index contributed by atoms with van der Waals surface area (Å²) < 4.78 is 24.2. The average Bonchev–Trinajstić information content (AvgIpc) is 2.47. The van der Waals surface area contributed by atoms with Crippen molar-refractivity contribution in [3.05, 3.63) is 35.6 Å². The summed E-state index contributed by atoms with van der Waals surface area (Å²) >= 11 is 0. The topological polar surface area (TPSA) is 50.8 Å². The van der Waals surface area contributed by atoms with Gasteiger partial charge in [0.25, 0.3) is 0 Å². The summed E-state index contributed by atoms with van der Waals surface area (Å²) in [5.74, 6) is -0.320. The zero-order chi connectivity index (χ0) is 14.4. The predicted molar refractivity (Wildman–Crippen MR) is 71.8 cm³/mol. The van der Waals surface area contributed by atoms with Crippen LogP contribution in [0, 0.1) is 5.82 Å². The maximum absolute atomic E-state index is 13.4. The minimum Gasteiger partial charge on any atom is -0.376 e. The first-order chi connectivity index (χ1) is 9.66. The van der Waals surface area contributed by atoms with Crippen LogP contribution in [0.4, 0.5) is 9.18 Å². The SMILES string of the molecule is CN(C[C@H]1COCCO1)C(=O)NCc1ccccc1F. The Morgan fingerprint density at radius 3 is 2.95 bits per heavy atom. The second-order valence-corrected chi connectivity index (χ2v) is 4.70.